The van der Waals surface area contributed by atoms with Gasteiger partial charge in [0.1, 0.15) is 18.5 Å². The maximum atomic E-state index is 9.91. The Bertz CT molecular complexity index is 352. The van der Waals surface area contributed by atoms with Crippen molar-refractivity contribution in [1.82, 2.24) is 4.90 Å². The number of rotatable bonds is 8. The third kappa shape index (κ3) is 7.03. The molecule has 0 spiro atoms. The standard InChI is InChI=1S/C15H26N2O2/c1-12(2)8-9-17(3)10-14(18)11-19-15-6-4-13(16)5-7-15/h4-7,12,14,18H,8-11,16H2,1-3H3. The molecule has 0 radical (unpaired) electrons. The highest BCUT2D eigenvalue weighted by Crippen LogP contribution is 2.13. The second-order valence-electron chi connectivity index (χ2n) is 5.48. The van der Waals surface area contributed by atoms with Crippen LogP contribution in [0.3, 0.4) is 0 Å². The molecule has 1 unspecified atom stereocenters. The molecule has 0 fully saturated rings. The second kappa shape index (κ2) is 8.02. The van der Waals surface area contributed by atoms with Crippen LogP contribution in [0.2, 0.25) is 0 Å². The number of anilines is 1. The predicted molar refractivity (Wildman–Crippen MR) is 79.3 cm³/mol. The first-order valence-corrected chi connectivity index (χ1v) is 6.82. The zero-order valence-corrected chi connectivity index (χ0v) is 12.2. The molecule has 1 aromatic carbocycles. The van der Waals surface area contributed by atoms with E-state index in [0.717, 1.165) is 18.7 Å². The van der Waals surface area contributed by atoms with Crippen molar-refractivity contribution in [1.29, 1.82) is 0 Å². The van der Waals surface area contributed by atoms with E-state index in [1.165, 1.54) is 0 Å². The van der Waals surface area contributed by atoms with Gasteiger partial charge in [0.05, 0.1) is 0 Å². The Balaban J connectivity index is 2.23. The van der Waals surface area contributed by atoms with E-state index in [2.05, 4.69) is 18.7 Å². The molecular weight excluding hydrogens is 240 g/mol. The summed E-state index contributed by atoms with van der Waals surface area (Å²) in [6, 6.07) is 7.20. The predicted octanol–water partition coefficient (Wildman–Crippen LogP) is 1.99. The maximum Gasteiger partial charge on any atom is 0.119 e. The lowest BCUT2D eigenvalue weighted by atomic mass is 10.1. The number of nitrogens with two attached hydrogens (primary N) is 1. The molecule has 0 heterocycles. The fraction of sp³-hybridized carbons (Fsp3) is 0.600. The van der Waals surface area contributed by atoms with Crippen LogP contribution in [0.25, 0.3) is 0 Å². The van der Waals surface area contributed by atoms with Gasteiger partial charge in [0.25, 0.3) is 0 Å². The lowest BCUT2D eigenvalue weighted by Crippen LogP contribution is -2.34. The van der Waals surface area contributed by atoms with Gasteiger partial charge in [-0.3, -0.25) is 0 Å². The number of aliphatic hydroxyl groups is 1. The summed E-state index contributed by atoms with van der Waals surface area (Å²) in [6.45, 7) is 6.33. The Hall–Kier alpha value is -1.26. The molecular formula is C15H26N2O2. The lowest BCUT2D eigenvalue weighted by Gasteiger charge is -2.21. The molecule has 0 saturated heterocycles. The van der Waals surface area contributed by atoms with E-state index < -0.39 is 6.10 Å². The van der Waals surface area contributed by atoms with E-state index in [9.17, 15) is 5.11 Å². The molecule has 0 aliphatic rings. The number of aliphatic hydroxyl groups excluding tert-OH is 1. The van der Waals surface area contributed by atoms with Gasteiger partial charge in [-0.1, -0.05) is 13.8 Å². The van der Waals surface area contributed by atoms with E-state index >= 15 is 0 Å². The summed E-state index contributed by atoms with van der Waals surface area (Å²) in [5.74, 6) is 1.42. The molecule has 0 aliphatic heterocycles. The number of hydrogen-bond donors (Lipinski definition) is 2. The molecule has 0 aromatic heterocycles. The monoisotopic (exact) mass is 266 g/mol. The minimum atomic E-state index is -0.477. The first-order chi connectivity index (χ1) is 8.97. The van der Waals surface area contributed by atoms with Gasteiger partial charge in [-0.05, 0) is 50.2 Å². The van der Waals surface area contributed by atoms with Gasteiger partial charge >= 0.3 is 0 Å². The van der Waals surface area contributed by atoms with Crippen molar-refractivity contribution in [3.63, 3.8) is 0 Å². The molecule has 0 saturated carbocycles. The summed E-state index contributed by atoms with van der Waals surface area (Å²) in [4.78, 5) is 2.14. The van der Waals surface area contributed by atoms with Crippen LogP contribution in [0.4, 0.5) is 5.69 Å². The van der Waals surface area contributed by atoms with E-state index in [-0.39, 0.29) is 0 Å². The van der Waals surface area contributed by atoms with Crippen molar-refractivity contribution in [3.05, 3.63) is 24.3 Å². The number of likely N-dealkylation sites (N-methyl/N-ethyl adjacent to an activating group) is 1. The van der Waals surface area contributed by atoms with Crippen LogP contribution >= 0.6 is 0 Å². The van der Waals surface area contributed by atoms with E-state index in [1.807, 2.05) is 19.2 Å². The molecule has 1 atom stereocenters. The van der Waals surface area contributed by atoms with Crippen molar-refractivity contribution < 1.29 is 9.84 Å². The molecule has 4 heteroatoms. The summed E-state index contributed by atoms with van der Waals surface area (Å²) < 4.78 is 5.52. The molecule has 0 amide bonds. The normalized spacial score (nSPS) is 12.9. The fourth-order valence-electron chi connectivity index (χ4n) is 1.74. The molecule has 108 valence electrons. The fourth-order valence-corrected chi connectivity index (χ4v) is 1.74. The Morgan fingerprint density at radius 2 is 1.89 bits per heavy atom. The van der Waals surface area contributed by atoms with Gasteiger partial charge in [0.15, 0.2) is 0 Å². The second-order valence-corrected chi connectivity index (χ2v) is 5.48. The number of benzene rings is 1. The van der Waals surface area contributed by atoms with Crippen molar-refractivity contribution in [2.45, 2.75) is 26.4 Å². The third-order valence-electron chi connectivity index (χ3n) is 2.93. The smallest absolute Gasteiger partial charge is 0.119 e. The van der Waals surface area contributed by atoms with E-state index in [0.29, 0.717) is 24.8 Å². The minimum Gasteiger partial charge on any atom is -0.491 e. The quantitative estimate of drug-likeness (QED) is 0.706. The minimum absolute atomic E-state index is 0.302. The number of nitrogens with zero attached hydrogens (tertiary/aromatic N) is 1. The van der Waals surface area contributed by atoms with Gasteiger partial charge < -0.3 is 20.5 Å². The van der Waals surface area contributed by atoms with E-state index in [1.54, 1.807) is 12.1 Å². The largest absolute Gasteiger partial charge is 0.491 e. The van der Waals surface area contributed by atoms with Crippen LogP contribution in [0.15, 0.2) is 24.3 Å². The zero-order valence-electron chi connectivity index (χ0n) is 12.2. The van der Waals surface area contributed by atoms with Crippen molar-refractivity contribution >= 4 is 5.69 Å². The Morgan fingerprint density at radius 1 is 1.26 bits per heavy atom. The first-order valence-electron chi connectivity index (χ1n) is 6.82. The SMILES string of the molecule is CC(C)CCN(C)CC(O)COc1ccc(N)cc1. The van der Waals surface area contributed by atoms with Gasteiger partial charge in [-0.25, -0.2) is 0 Å². The summed E-state index contributed by atoms with van der Waals surface area (Å²) in [6.07, 6.45) is 0.664. The van der Waals surface area contributed by atoms with Crippen LogP contribution in [-0.2, 0) is 0 Å². The average Bonchev–Trinajstić information content (AvgIpc) is 2.36. The van der Waals surface area contributed by atoms with Gasteiger partial charge in [0, 0.05) is 12.2 Å². The first kappa shape index (κ1) is 15.8. The molecule has 1 aromatic rings. The molecule has 1 rings (SSSR count). The summed E-state index contributed by atoms with van der Waals surface area (Å²) in [7, 11) is 2.02. The average molecular weight is 266 g/mol. The Kier molecular flexibility index (Phi) is 6.67. The Labute approximate surface area is 116 Å². The summed E-state index contributed by atoms with van der Waals surface area (Å²) in [5, 5.41) is 9.91. The lowest BCUT2D eigenvalue weighted by molar-refractivity contribution is 0.0751. The number of nitrogen functional groups attached to an aromatic ring is 1. The van der Waals surface area contributed by atoms with E-state index in [4.69, 9.17) is 10.5 Å². The van der Waals surface area contributed by atoms with Gasteiger partial charge in [-0.15, -0.1) is 0 Å². The summed E-state index contributed by atoms with van der Waals surface area (Å²) in [5.41, 5.74) is 6.30. The zero-order chi connectivity index (χ0) is 14.3. The van der Waals surface area contributed by atoms with Crippen LogP contribution in [0.5, 0.6) is 5.75 Å². The Morgan fingerprint density at radius 3 is 2.47 bits per heavy atom. The highest BCUT2D eigenvalue weighted by atomic mass is 16.5. The van der Waals surface area contributed by atoms with Crippen LogP contribution in [-0.4, -0.2) is 42.9 Å². The van der Waals surface area contributed by atoms with Crippen LogP contribution in [0.1, 0.15) is 20.3 Å². The van der Waals surface area contributed by atoms with Crippen molar-refractivity contribution in [2.24, 2.45) is 5.92 Å². The van der Waals surface area contributed by atoms with Gasteiger partial charge in [-0.2, -0.15) is 0 Å². The molecule has 3 N–H and O–H groups in total. The molecule has 19 heavy (non-hydrogen) atoms. The number of ether oxygens (including phenoxy) is 1. The highest BCUT2D eigenvalue weighted by molar-refractivity contribution is 5.41. The van der Waals surface area contributed by atoms with Crippen LogP contribution in [0, 0.1) is 5.92 Å². The summed E-state index contributed by atoms with van der Waals surface area (Å²) >= 11 is 0. The maximum absolute atomic E-state index is 9.91. The topological polar surface area (TPSA) is 58.7 Å². The third-order valence-corrected chi connectivity index (χ3v) is 2.93. The molecule has 4 nitrogen and oxygen atoms in total. The van der Waals surface area contributed by atoms with Crippen LogP contribution < -0.4 is 10.5 Å². The van der Waals surface area contributed by atoms with Crippen molar-refractivity contribution in [3.8, 4) is 5.75 Å². The van der Waals surface area contributed by atoms with Crippen molar-refractivity contribution in [2.75, 3.05) is 32.5 Å². The molecule has 0 aliphatic carbocycles. The molecule has 0 bridgehead atoms. The number of hydrogen-bond acceptors (Lipinski definition) is 4. The highest BCUT2D eigenvalue weighted by Gasteiger charge is 2.09. The van der Waals surface area contributed by atoms with Gasteiger partial charge in [0.2, 0.25) is 0 Å².